The number of thiazole rings is 1. The second kappa shape index (κ2) is 6.10. The van der Waals surface area contributed by atoms with Gasteiger partial charge in [0.15, 0.2) is 0 Å². The molecule has 1 aliphatic heterocycles. The van der Waals surface area contributed by atoms with E-state index in [1.165, 1.54) is 10.7 Å². The molecule has 1 aromatic heterocycles. The van der Waals surface area contributed by atoms with Crippen molar-refractivity contribution >= 4 is 11.3 Å². The number of hydrogen-bond acceptors (Lipinski definition) is 5. The fraction of sp³-hybridized carbons (Fsp3) is 0.769. The Hall–Kier alpha value is -0.490. The zero-order valence-corrected chi connectivity index (χ0v) is 12.3. The Bertz CT molecular complexity index is 378. The van der Waals surface area contributed by atoms with Gasteiger partial charge >= 0.3 is 0 Å². The van der Waals surface area contributed by atoms with Crippen LogP contribution in [0.5, 0.6) is 0 Å². The third kappa shape index (κ3) is 3.51. The molecule has 0 atom stereocenters. The number of ether oxygens (including phenoxy) is 1. The Kier molecular flexibility index (Phi) is 4.72. The highest BCUT2D eigenvalue weighted by Gasteiger charge is 2.30. The molecule has 1 N–H and O–H groups in total. The third-order valence-electron chi connectivity index (χ3n) is 3.30. The monoisotopic (exact) mass is 269 g/mol. The van der Waals surface area contributed by atoms with Gasteiger partial charge in [0.25, 0.3) is 0 Å². The number of morpholine rings is 1. The highest BCUT2D eigenvalue weighted by Crippen LogP contribution is 2.22. The lowest BCUT2D eigenvalue weighted by molar-refractivity contribution is -0.0557. The Labute approximate surface area is 113 Å². The van der Waals surface area contributed by atoms with Crippen molar-refractivity contribution in [1.29, 1.82) is 0 Å². The van der Waals surface area contributed by atoms with Crippen LogP contribution < -0.4 is 5.32 Å². The molecule has 2 heterocycles. The van der Waals surface area contributed by atoms with E-state index in [-0.39, 0.29) is 5.54 Å². The molecule has 1 aromatic rings. The summed E-state index contributed by atoms with van der Waals surface area (Å²) in [7, 11) is 0. The zero-order valence-electron chi connectivity index (χ0n) is 11.5. The van der Waals surface area contributed by atoms with Crippen molar-refractivity contribution in [3.63, 3.8) is 0 Å². The fourth-order valence-corrected chi connectivity index (χ4v) is 2.87. The van der Waals surface area contributed by atoms with Gasteiger partial charge in [0.2, 0.25) is 0 Å². The zero-order chi connectivity index (χ0) is 13.0. The first-order valence-corrected chi connectivity index (χ1v) is 7.46. The normalized spacial score (nSPS) is 20.2. The molecule has 18 heavy (non-hydrogen) atoms. The largest absolute Gasteiger partial charge is 0.378 e. The van der Waals surface area contributed by atoms with Crippen LogP contribution in [-0.2, 0) is 17.8 Å². The van der Waals surface area contributed by atoms with E-state index < -0.39 is 0 Å². The van der Waals surface area contributed by atoms with Gasteiger partial charge in [-0.15, -0.1) is 11.3 Å². The lowest BCUT2D eigenvalue weighted by atomic mass is 10.0. The van der Waals surface area contributed by atoms with Gasteiger partial charge in [-0.05, 0) is 20.4 Å². The minimum atomic E-state index is 0.115. The summed E-state index contributed by atoms with van der Waals surface area (Å²) < 4.78 is 5.54. The molecule has 0 bridgehead atoms. The van der Waals surface area contributed by atoms with Crippen LogP contribution in [0.4, 0.5) is 0 Å². The number of nitrogens with one attached hydrogen (secondary N) is 1. The molecule has 0 aliphatic carbocycles. The predicted octanol–water partition coefficient (Wildman–Crippen LogP) is 1.86. The first kappa shape index (κ1) is 13.9. The second-order valence-electron chi connectivity index (χ2n) is 5.30. The standard InChI is InChI=1S/C13H23N3OS/c1-4-14-7-12-15-11(9-18-12)8-16-5-6-17-10-13(16,2)3/h9,14H,4-8,10H2,1-3H3. The van der Waals surface area contributed by atoms with Crippen molar-refractivity contribution in [3.05, 3.63) is 16.1 Å². The predicted molar refractivity (Wildman–Crippen MR) is 74.8 cm³/mol. The molecule has 2 rings (SSSR count). The SMILES string of the molecule is CCNCc1nc(CN2CCOCC2(C)C)cs1. The Morgan fingerprint density at radius 3 is 3.11 bits per heavy atom. The maximum absolute atomic E-state index is 5.54. The number of nitrogens with zero attached hydrogens (tertiary/aromatic N) is 2. The van der Waals surface area contributed by atoms with Crippen molar-refractivity contribution in [2.75, 3.05) is 26.3 Å². The molecule has 0 aromatic carbocycles. The van der Waals surface area contributed by atoms with Gasteiger partial charge in [0.1, 0.15) is 5.01 Å². The van der Waals surface area contributed by atoms with Crippen molar-refractivity contribution in [3.8, 4) is 0 Å². The van der Waals surface area contributed by atoms with Crippen LogP contribution in [0.2, 0.25) is 0 Å². The number of hydrogen-bond donors (Lipinski definition) is 1. The molecular formula is C13H23N3OS. The van der Waals surface area contributed by atoms with Crippen LogP contribution in [0.1, 0.15) is 31.5 Å². The van der Waals surface area contributed by atoms with Crippen LogP contribution in [0.25, 0.3) is 0 Å². The Morgan fingerprint density at radius 1 is 1.56 bits per heavy atom. The van der Waals surface area contributed by atoms with Crippen LogP contribution >= 0.6 is 11.3 Å². The molecular weight excluding hydrogens is 246 g/mol. The van der Waals surface area contributed by atoms with E-state index in [0.29, 0.717) is 0 Å². The molecule has 1 fully saturated rings. The summed E-state index contributed by atoms with van der Waals surface area (Å²) in [6.45, 7) is 12.0. The van der Waals surface area contributed by atoms with Crippen LogP contribution in [0.3, 0.4) is 0 Å². The topological polar surface area (TPSA) is 37.4 Å². The Balaban J connectivity index is 1.94. The summed E-state index contributed by atoms with van der Waals surface area (Å²) in [5, 5.41) is 6.67. The van der Waals surface area contributed by atoms with Gasteiger partial charge in [-0.25, -0.2) is 4.98 Å². The molecule has 0 spiro atoms. The summed E-state index contributed by atoms with van der Waals surface area (Å²) in [4.78, 5) is 7.14. The average molecular weight is 269 g/mol. The summed E-state index contributed by atoms with van der Waals surface area (Å²) in [6.07, 6.45) is 0. The maximum Gasteiger partial charge on any atom is 0.107 e. The van der Waals surface area contributed by atoms with E-state index in [9.17, 15) is 0 Å². The van der Waals surface area contributed by atoms with Gasteiger partial charge in [-0.1, -0.05) is 6.92 Å². The molecule has 0 unspecified atom stereocenters. The molecule has 0 radical (unpaired) electrons. The molecule has 4 nitrogen and oxygen atoms in total. The van der Waals surface area contributed by atoms with Crippen molar-refractivity contribution < 1.29 is 4.74 Å². The smallest absolute Gasteiger partial charge is 0.107 e. The summed E-state index contributed by atoms with van der Waals surface area (Å²) in [5.41, 5.74) is 1.30. The second-order valence-corrected chi connectivity index (χ2v) is 6.24. The molecule has 102 valence electrons. The summed E-state index contributed by atoms with van der Waals surface area (Å²) >= 11 is 1.75. The lowest BCUT2D eigenvalue weighted by Gasteiger charge is -2.41. The van der Waals surface area contributed by atoms with Crippen molar-refractivity contribution in [1.82, 2.24) is 15.2 Å². The van der Waals surface area contributed by atoms with Crippen molar-refractivity contribution in [2.24, 2.45) is 0 Å². The molecule has 5 heteroatoms. The third-order valence-corrected chi connectivity index (χ3v) is 4.19. The number of rotatable bonds is 5. The Morgan fingerprint density at radius 2 is 2.39 bits per heavy atom. The van der Waals surface area contributed by atoms with Crippen molar-refractivity contribution in [2.45, 2.75) is 39.4 Å². The molecule has 0 saturated carbocycles. The maximum atomic E-state index is 5.54. The van der Waals surface area contributed by atoms with E-state index in [4.69, 9.17) is 4.74 Å². The van der Waals surface area contributed by atoms with E-state index in [0.717, 1.165) is 39.4 Å². The first-order chi connectivity index (χ1) is 8.62. The average Bonchev–Trinajstić information content (AvgIpc) is 2.77. The molecule has 0 amide bonds. The van der Waals surface area contributed by atoms with Crippen LogP contribution in [-0.4, -0.2) is 41.7 Å². The van der Waals surface area contributed by atoms with E-state index in [2.05, 4.69) is 41.4 Å². The van der Waals surface area contributed by atoms with Gasteiger partial charge in [0.05, 0.1) is 18.9 Å². The van der Waals surface area contributed by atoms with Crippen LogP contribution in [0.15, 0.2) is 5.38 Å². The quantitative estimate of drug-likeness (QED) is 0.885. The minimum Gasteiger partial charge on any atom is -0.378 e. The summed E-state index contributed by atoms with van der Waals surface area (Å²) in [6, 6.07) is 0. The minimum absolute atomic E-state index is 0.115. The van der Waals surface area contributed by atoms with Gasteiger partial charge in [0, 0.05) is 30.6 Å². The molecule has 1 aliphatic rings. The van der Waals surface area contributed by atoms with Gasteiger partial charge in [-0.2, -0.15) is 0 Å². The fourth-order valence-electron chi connectivity index (χ4n) is 2.11. The lowest BCUT2D eigenvalue weighted by Crippen LogP contribution is -2.52. The van der Waals surface area contributed by atoms with E-state index >= 15 is 0 Å². The highest BCUT2D eigenvalue weighted by atomic mass is 32.1. The van der Waals surface area contributed by atoms with E-state index in [1.807, 2.05) is 0 Å². The number of aromatic nitrogens is 1. The summed E-state index contributed by atoms with van der Waals surface area (Å²) in [5.74, 6) is 0. The first-order valence-electron chi connectivity index (χ1n) is 6.58. The molecule has 1 saturated heterocycles. The van der Waals surface area contributed by atoms with E-state index in [1.54, 1.807) is 11.3 Å². The van der Waals surface area contributed by atoms with Gasteiger partial charge < -0.3 is 10.1 Å². The van der Waals surface area contributed by atoms with Gasteiger partial charge in [-0.3, -0.25) is 4.90 Å². The van der Waals surface area contributed by atoms with Crippen LogP contribution in [0, 0.1) is 0 Å². The highest BCUT2D eigenvalue weighted by molar-refractivity contribution is 7.09.